The van der Waals surface area contributed by atoms with Crippen LogP contribution in [0.25, 0.3) is 0 Å². The number of thioether (sulfide) groups is 1. The van der Waals surface area contributed by atoms with Crippen molar-refractivity contribution in [3.63, 3.8) is 0 Å². The first-order valence-corrected chi connectivity index (χ1v) is 7.56. The van der Waals surface area contributed by atoms with Crippen molar-refractivity contribution in [2.75, 3.05) is 5.75 Å². The third-order valence-electron chi connectivity index (χ3n) is 3.08. The third-order valence-corrected chi connectivity index (χ3v) is 5.38. The van der Waals surface area contributed by atoms with Crippen LogP contribution in [0.3, 0.4) is 0 Å². The number of benzene rings is 1. The van der Waals surface area contributed by atoms with Crippen molar-refractivity contribution in [3.8, 4) is 0 Å². The quantitative estimate of drug-likeness (QED) is 0.657. The van der Waals surface area contributed by atoms with E-state index < -0.39 is 0 Å². The molecule has 0 saturated carbocycles. The van der Waals surface area contributed by atoms with Gasteiger partial charge in [0.2, 0.25) is 0 Å². The molecule has 0 amide bonds. The van der Waals surface area contributed by atoms with Gasteiger partial charge in [-0.2, -0.15) is 11.8 Å². The molecule has 5 heteroatoms. The van der Waals surface area contributed by atoms with Gasteiger partial charge >= 0.3 is 0 Å². The number of nitrogens with two attached hydrogens (primary N) is 1. The number of hydrazine groups is 1. The first-order valence-electron chi connectivity index (χ1n) is 5.75. The molecular weight excluding hydrogens is 275 g/mol. The number of nitrogens with one attached hydrogen (secondary N) is 1. The summed E-state index contributed by atoms with van der Waals surface area (Å²) < 4.78 is 0. The van der Waals surface area contributed by atoms with Crippen LogP contribution in [0.15, 0.2) is 18.2 Å². The van der Waals surface area contributed by atoms with E-state index in [1.54, 1.807) is 6.07 Å². The molecular formula is C12H16Cl2N2S. The number of halogens is 2. The Labute approximate surface area is 116 Å². The van der Waals surface area contributed by atoms with Crippen molar-refractivity contribution in [1.82, 2.24) is 5.43 Å². The molecule has 2 unspecified atom stereocenters. The summed E-state index contributed by atoms with van der Waals surface area (Å²) in [5.41, 5.74) is 3.89. The van der Waals surface area contributed by atoms with Crippen LogP contribution in [0.2, 0.25) is 10.0 Å². The van der Waals surface area contributed by atoms with E-state index in [2.05, 4.69) is 5.43 Å². The standard InChI is InChI=1S/C12H16Cl2N2S/c13-9-5-3-4-8(11(9)14)12(16-15)10-6-1-2-7-17-10/h3-5,10,12,16H,1-2,6-7,15H2. The van der Waals surface area contributed by atoms with Crippen LogP contribution in [0.4, 0.5) is 0 Å². The van der Waals surface area contributed by atoms with Gasteiger partial charge in [0, 0.05) is 5.25 Å². The maximum Gasteiger partial charge on any atom is 0.0641 e. The van der Waals surface area contributed by atoms with Gasteiger partial charge in [0.1, 0.15) is 0 Å². The van der Waals surface area contributed by atoms with Crippen LogP contribution in [0, 0.1) is 0 Å². The van der Waals surface area contributed by atoms with Gasteiger partial charge in [0.15, 0.2) is 0 Å². The zero-order chi connectivity index (χ0) is 12.3. The van der Waals surface area contributed by atoms with Crippen molar-refractivity contribution >= 4 is 35.0 Å². The highest BCUT2D eigenvalue weighted by Gasteiger charge is 2.26. The Morgan fingerprint density at radius 1 is 1.35 bits per heavy atom. The molecule has 1 aliphatic heterocycles. The normalized spacial score (nSPS) is 22.4. The number of hydrogen-bond acceptors (Lipinski definition) is 3. The lowest BCUT2D eigenvalue weighted by Crippen LogP contribution is -2.36. The Bertz CT molecular complexity index is 381. The van der Waals surface area contributed by atoms with Crippen molar-refractivity contribution in [2.45, 2.75) is 30.6 Å². The van der Waals surface area contributed by atoms with E-state index in [-0.39, 0.29) is 6.04 Å². The molecule has 1 aliphatic rings. The van der Waals surface area contributed by atoms with E-state index in [4.69, 9.17) is 29.0 Å². The van der Waals surface area contributed by atoms with Crippen LogP contribution < -0.4 is 11.3 Å². The minimum atomic E-state index is 0.0755. The first-order chi connectivity index (χ1) is 8.24. The second-order valence-corrected chi connectivity index (χ2v) is 6.32. The summed E-state index contributed by atoms with van der Waals surface area (Å²) in [7, 11) is 0. The van der Waals surface area contributed by atoms with Crippen LogP contribution in [-0.4, -0.2) is 11.0 Å². The molecule has 1 aromatic rings. The Morgan fingerprint density at radius 3 is 2.82 bits per heavy atom. The maximum atomic E-state index is 6.25. The first kappa shape index (κ1) is 13.5. The second-order valence-electron chi connectivity index (χ2n) is 4.19. The fourth-order valence-electron chi connectivity index (χ4n) is 2.19. The van der Waals surface area contributed by atoms with Gasteiger partial charge in [-0.25, -0.2) is 0 Å². The van der Waals surface area contributed by atoms with Gasteiger partial charge in [-0.15, -0.1) is 0 Å². The van der Waals surface area contributed by atoms with Crippen molar-refractivity contribution < 1.29 is 0 Å². The highest BCUT2D eigenvalue weighted by molar-refractivity contribution is 8.00. The highest BCUT2D eigenvalue weighted by atomic mass is 35.5. The monoisotopic (exact) mass is 290 g/mol. The van der Waals surface area contributed by atoms with Crippen molar-refractivity contribution in [3.05, 3.63) is 33.8 Å². The predicted octanol–water partition coefficient (Wildman–Crippen LogP) is 3.78. The zero-order valence-corrected chi connectivity index (χ0v) is 11.8. The molecule has 3 N–H and O–H groups in total. The van der Waals surface area contributed by atoms with E-state index in [1.165, 1.54) is 25.0 Å². The summed E-state index contributed by atoms with van der Waals surface area (Å²) in [6.07, 6.45) is 3.72. The highest BCUT2D eigenvalue weighted by Crippen LogP contribution is 2.38. The molecule has 1 saturated heterocycles. The molecule has 2 nitrogen and oxygen atoms in total. The van der Waals surface area contributed by atoms with Gasteiger partial charge in [-0.1, -0.05) is 41.8 Å². The van der Waals surface area contributed by atoms with E-state index in [0.717, 1.165) is 5.56 Å². The summed E-state index contributed by atoms with van der Waals surface area (Å²) in [5.74, 6) is 6.89. The van der Waals surface area contributed by atoms with Gasteiger partial charge in [0.25, 0.3) is 0 Å². The molecule has 0 spiro atoms. The fraction of sp³-hybridized carbons (Fsp3) is 0.500. The van der Waals surface area contributed by atoms with Crippen LogP contribution in [-0.2, 0) is 0 Å². The second kappa shape index (κ2) is 6.30. The molecule has 0 aromatic heterocycles. The molecule has 1 fully saturated rings. The smallest absolute Gasteiger partial charge is 0.0641 e. The van der Waals surface area contributed by atoms with Gasteiger partial charge < -0.3 is 0 Å². The molecule has 1 aromatic carbocycles. The average molecular weight is 291 g/mol. The van der Waals surface area contributed by atoms with Gasteiger partial charge in [-0.05, 0) is 30.2 Å². The molecule has 2 atom stereocenters. The zero-order valence-electron chi connectivity index (χ0n) is 9.46. The van der Waals surface area contributed by atoms with Crippen LogP contribution in [0.1, 0.15) is 30.9 Å². The van der Waals surface area contributed by atoms with E-state index in [9.17, 15) is 0 Å². The Hall–Kier alpha value is 0.0700. The van der Waals surface area contributed by atoms with Crippen molar-refractivity contribution in [2.24, 2.45) is 5.84 Å². The summed E-state index contributed by atoms with van der Waals surface area (Å²) in [5, 5.41) is 1.68. The minimum Gasteiger partial charge on any atom is -0.271 e. The summed E-state index contributed by atoms with van der Waals surface area (Å²) in [6.45, 7) is 0. The Morgan fingerprint density at radius 2 is 2.18 bits per heavy atom. The predicted molar refractivity (Wildman–Crippen MR) is 76.6 cm³/mol. The van der Waals surface area contributed by atoms with E-state index in [1.807, 2.05) is 23.9 Å². The van der Waals surface area contributed by atoms with Crippen LogP contribution >= 0.6 is 35.0 Å². The summed E-state index contributed by atoms with van der Waals surface area (Å²) >= 11 is 14.3. The molecule has 2 rings (SSSR count). The lowest BCUT2D eigenvalue weighted by atomic mass is 10.00. The molecule has 94 valence electrons. The SMILES string of the molecule is NNC(c1cccc(Cl)c1Cl)C1CCCCS1. The van der Waals surface area contributed by atoms with E-state index in [0.29, 0.717) is 15.3 Å². The van der Waals surface area contributed by atoms with Gasteiger partial charge in [0.05, 0.1) is 16.1 Å². The molecule has 0 aliphatic carbocycles. The summed E-state index contributed by atoms with van der Waals surface area (Å²) in [4.78, 5) is 0. The Kier molecular flexibility index (Phi) is 5.00. The minimum absolute atomic E-state index is 0.0755. The number of rotatable bonds is 3. The summed E-state index contributed by atoms with van der Waals surface area (Å²) in [6, 6.07) is 5.79. The van der Waals surface area contributed by atoms with Gasteiger partial charge in [-0.3, -0.25) is 11.3 Å². The topological polar surface area (TPSA) is 38.0 Å². The number of hydrogen-bond donors (Lipinski definition) is 2. The van der Waals surface area contributed by atoms with Crippen LogP contribution in [0.5, 0.6) is 0 Å². The molecule has 0 bridgehead atoms. The Balaban J connectivity index is 2.24. The van der Waals surface area contributed by atoms with E-state index >= 15 is 0 Å². The fourth-order valence-corrected chi connectivity index (χ4v) is 4.04. The lowest BCUT2D eigenvalue weighted by Gasteiger charge is -2.30. The van der Waals surface area contributed by atoms with Crippen molar-refractivity contribution in [1.29, 1.82) is 0 Å². The third kappa shape index (κ3) is 3.09. The molecule has 0 radical (unpaired) electrons. The molecule has 1 heterocycles. The average Bonchev–Trinajstić information content (AvgIpc) is 2.37. The molecule has 17 heavy (non-hydrogen) atoms. The maximum absolute atomic E-state index is 6.25. The largest absolute Gasteiger partial charge is 0.271 e. The lowest BCUT2D eigenvalue weighted by molar-refractivity contribution is 0.492.